The number of hydrogen-bond donors (Lipinski definition) is 2. The average molecular weight is 218 g/mol. The molecule has 0 aliphatic heterocycles. The second kappa shape index (κ2) is 4.61. The Morgan fingerprint density at radius 2 is 1.27 bits per heavy atom. The summed E-state index contributed by atoms with van der Waals surface area (Å²) in [6.07, 6.45) is 0.427. The van der Waals surface area contributed by atoms with Crippen molar-refractivity contribution in [3.8, 4) is 0 Å². The van der Waals surface area contributed by atoms with Gasteiger partial charge in [0, 0.05) is 0 Å². The van der Waals surface area contributed by atoms with Crippen LogP contribution >= 0.6 is 0 Å². The first-order valence-corrected chi connectivity index (χ1v) is 4.89. The summed E-state index contributed by atoms with van der Waals surface area (Å²) in [5, 5.41) is 17.9. The van der Waals surface area contributed by atoms with Gasteiger partial charge in [-0.25, -0.2) is 9.59 Å². The van der Waals surface area contributed by atoms with E-state index >= 15 is 0 Å². The first kappa shape index (κ1) is 13.9. The van der Waals surface area contributed by atoms with E-state index in [1.54, 1.807) is 13.8 Å². The van der Waals surface area contributed by atoms with Crippen molar-refractivity contribution in [3.05, 3.63) is 0 Å². The van der Waals surface area contributed by atoms with Gasteiger partial charge in [-0.05, 0) is 26.7 Å². The predicted molar refractivity (Wildman–Crippen MR) is 53.7 cm³/mol. The minimum absolute atomic E-state index is 0.213. The minimum atomic E-state index is -1.46. The lowest BCUT2D eigenvalue weighted by molar-refractivity contribution is -0.199. The summed E-state index contributed by atoms with van der Waals surface area (Å²) in [5.41, 5.74) is -2.91. The van der Waals surface area contributed by atoms with Crippen molar-refractivity contribution in [3.63, 3.8) is 0 Å². The van der Waals surface area contributed by atoms with Crippen molar-refractivity contribution < 1.29 is 24.5 Å². The van der Waals surface area contributed by atoms with E-state index in [1.165, 1.54) is 13.8 Å². The van der Waals surface area contributed by atoms with Gasteiger partial charge in [-0.3, -0.25) is 0 Å². The van der Waals surface area contributed by atoms with Crippen molar-refractivity contribution in [1.82, 2.24) is 0 Å². The van der Waals surface area contributed by atoms with Crippen LogP contribution < -0.4 is 0 Å². The molecule has 0 amide bonds. The zero-order valence-corrected chi connectivity index (χ0v) is 9.53. The Morgan fingerprint density at radius 3 is 1.40 bits per heavy atom. The topological polar surface area (TPSA) is 83.8 Å². The van der Waals surface area contributed by atoms with Crippen LogP contribution in [0.25, 0.3) is 0 Å². The van der Waals surface area contributed by atoms with Crippen LogP contribution in [0, 0.1) is 0 Å². The lowest BCUT2D eigenvalue weighted by atomic mass is 9.98. The second-order valence-electron chi connectivity index (χ2n) is 3.88. The smallest absolute Gasteiger partial charge is 0.335 e. The summed E-state index contributed by atoms with van der Waals surface area (Å²) < 4.78 is 5.25. The molecule has 0 aromatic heterocycles. The Labute approximate surface area is 89.0 Å². The van der Waals surface area contributed by atoms with Crippen LogP contribution in [0.3, 0.4) is 0 Å². The van der Waals surface area contributed by atoms with Crippen molar-refractivity contribution in [2.75, 3.05) is 0 Å². The number of carbonyl (C=O) groups is 2. The monoisotopic (exact) mass is 218 g/mol. The van der Waals surface area contributed by atoms with Crippen LogP contribution in [-0.4, -0.2) is 33.4 Å². The Balaban J connectivity index is 4.95. The molecular weight excluding hydrogens is 200 g/mol. The Hall–Kier alpha value is -1.10. The molecule has 88 valence electrons. The van der Waals surface area contributed by atoms with E-state index in [9.17, 15) is 9.59 Å². The number of aliphatic carboxylic acids is 2. The number of rotatable bonds is 6. The lowest BCUT2D eigenvalue weighted by Gasteiger charge is -2.33. The highest BCUT2D eigenvalue weighted by Gasteiger charge is 2.43. The fourth-order valence-corrected chi connectivity index (χ4v) is 1.03. The molecule has 0 radical (unpaired) electrons. The fourth-order valence-electron chi connectivity index (χ4n) is 1.03. The van der Waals surface area contributed by atoms with Crippen LogP contribution in [0.2, 0.25) is 0 Å². The first-order valence-electron chi connectivity index (χ1n) is 4.89. The molecule has 0 fully saturated rings. The number of carboxylic acids is 2. The van der Waals surface area contributed by atoms with Crippen molar-refractivity contribution >= 4 is 11.9 Å². The molecule has 0 bridgehead atoms. The van der Waals surface area contributed by atoms with E-state index < -0.39 is 23.1 Å². The van der Waals surface area contributed by atoms with Gasteiger partial charge in [-0.15, -0.1) is 0 Å². The molecule has 0 saturated heterocycles. The third-order valence-electron chi connectivity index (χ3n) is 2.70. The summed E-state index contributed by atoms with van der Waals surface area (Å²) in [6, 6.07) is 0. The molecule has 15 heavy (non-hydrogen) atoms. The molecule has 0 spiro atoms. The van der Waals surface area contributed by atoms with E-state index in [2.05, 4.69) is 0 Å². The van der Waals surface area contributed by atoms with Gasteiger partial charge >= 0.3 is 11.9 Å². The van der Waals surface area contributed by atoms with Gasteiger partial charge in [-0.1, -0.05) is 13.8 Å². The van der Waals surface area contributed by atoms with E-state index in [0.29, 0.717) is 0 Å². The highest BCUT2D eigenvalue weighted by molar-refractivity contribution is 5.80. The van der Waals surface area contributed by atoms with Gasteiger partial charge in [0.15, 0.2) is 11.2 Å². The molecule has 5 heteroatoms. The number of hydrogen-bond acceptors (Lipinski definition) is 3. The SMILES string of the molecule is CC[C@](C)(O[C@@](C)(CC)C(=O)O)C(=O)O. The maximum atomic E-state index is 11.0. The minimum Gasteiger partial charge on any atom is -0.479 e. The van der Waals surface area contributed by atoms with Gasteiger partial charge in [0.05, 0.1) is 0 Å². The fraction of sp³-hybridized carbons (Fsp3) is 0.800. The zero-order valence-electron chi connectivity index (χ0n) is 9.53. The van der Waals surface area contributed by atoms with Crippen molar-refractivity contribution in [1.29, 1.82) is 0 Å². The Morgan fingerprint density at radius 1 is 1.00 bits per heavy atom. The summed E-state index contributed by atoms with van der Waals surface area (Å²) in [5.74, 6) is -2.29. The van der Waals surface area contributed by atoms with E-state index in [-0.39, 0.29) is 12.8 Å². The molecule has 2 N–H and O–H groups in total. The predicted octanol–water partition coefficient (Wildman–Crippen LogP) is 1.51. The number of carboxylic acid groups (broad SMARTS) is 2. The van der Waals surface area contributed by atoms with E-state index in [1.807, 2.05) is 0 Å². The Kier molecular flexibility index (Phi) is 4.27. The molecule has 0 aliphatic rings. The third-order valence-corrected chi connectivity index (χ3v) is 2.70. The maximum Gasteiger partial charge on any atom is 0.335 e. The highest BCUT2D eigenvalue weighted by atomic mass is 16.6. The number of ether oxygens (including phenoxy) is 1. The maximum absolute atomic E-state index is 11.0. The van der Waals surface area contributed by atoms with Crippen molar-refractivity contribution in [2.45, 2.75) is 51.7 Å². The van der Waals surface area contributed by atoms with Crippen LogP contribution in [0.15, 0.2) is 0 Å². The van der Waals surface area contributed by atoms with E-state index in [0.717, 1.165) is 0 Å². The molecule has 0 saturated carbocycles. The molecule has 2 atom stereocenters. The lowest BCUT2D eigenvalue weighted by Crippen LogP contribution is -2.49. The molecule has 0 heterocycles. The average Bonchev–Trinajstić information content (AvgIpc) is 2.16. The van der Waals surface area contributed by atoms with Gasteiger partial charge < -0.3 is 14.9 Å². The largest absolute Gasteiger partial charge is 0.479 e. The summed E-state index contributed by atoms with van der Waals surface area (Å²) in [6.45, 7) is 6.05. The van der Waals surface area contributed by atoms with Gasteiger partial charge in [0.2, 0.25) is 0 Å². The third kappa shape index (κ3) is 2.92. The second-order valence-corrected chi connectivity index (χ2v) is 3.88. The first-order chi connectivity index (χ1) is 6.72. The highest BCUT2D eigenvalue weighted by Crippen LogP contribution is 2.26. The quantitative estimate of drug-likeness (QED) is 0.706. The standard InChI is InChI=1S/C10H18O5/c1-5-9(3,7(11)12)15-10(4,6-2)8(13)14/h5-6H2,1-4H3,(H,11,12)(H,13,14)/t9-,10-/m0/s1. The zero-order chi connectivity index (χ0) is 12.3. The molecule has 0 aromatic rings. The van der Waals surface area contributed by atoms with Gasteiger partial charge in [0.1, 0.15) is 0 Å². The normalized spacial score (nSPS) is 18.9. The van der Waals surface area contributed by atoms with E-state index in [4.69, 9.17) is 14.9 Å². The van der Waals surface area contributed by atoms with Crippen molar-refractivity contribution in [2.24, 2.45) is 0 Å². The van der Waals surface area contributed by atoms with Crippen LogP contribution in [0.1, 0.15) is 40.5 Å². The van der Waals surface area contributed by atoms with Crippen LogP contribution in [0.5, 0.6) is 0 Å². The van der Waals surface area contributed by atoms with Crippen LogP contribution in [-0.2, 0) is 14.3 Å². The van der Waals surface area contributed by atoms with Gasteiger partial charge in [-0.2, -0.15) is 0 Å². The summed E-state index contributed by atoms with van der Waals surface area (Å²) >= 11 is 0. The molecule has 0 rings (SSSR count). The molecular formula is C10H18O5. The molecule has 0 aromatic carbocycles. The summed E-state index contributed by atoms with van der Waals surface area (Å²) in [7, 11) is 0. The molecule has 5 nitrogen and oxygen atoms in total. The Bertz CT molecular complexity index is 237. The van der Waals surface area contributed by atoms with Crippen LogP contribution in [0.4, 0.5) is 0 Å². The van der Waals surface area contributed by atoms with Gasteiger partial charge in [0.25, 0.3) is 0 Å². The molecule has 0 unspecified atom stereocenters. The summed E-state index contributed by atoms with van der Waals surface area (Å²) in [4.78, 5) is 21.9. The molecule has 0 aliphatic carbocycles.